The third-order valence-electron chi connectivity index (χ3n) is 2.53. The lowest BCUT2D eigenvalue weighted by Gasteiger charge is -2.19. The van der Waals surface area contributed by atoms with E-state index in [9.17, 15) is 19.8 Å². The average Bonchev–Trinajstić information content (AvgIpc) is 2.37. The highest BCUT2D eigenvalue weighted by Crippen LogP contribution is 2.22. The van der Waals surface area contributed by atoms with Gasteiger partial charge in [-0.25, -0.2) is 0 Å². The summed E-state index contributed by atoms with van der Waals surface area (Å²) in [5, 5.41) is 19.8. The maximum Gasteiger partial charge on any atom is 0.185 e. The van der Waals surface area contributed by atoms with Gasteiger partial charge in [-0.05, 0) is 12.0 Å². The van der Waals surface area contributed by atoms with E-state index >= 15 is 0 Å². The molecule has 4 nitrogen and oxygen atoms in total. The van der Waals surface area contributed by atoms with Crippen LogP contribution in [0, 0.1) is 0 Å². The zero-order valence-corrected chi connectivity index (χ0v) is 10.9. The number of aliphatic hydroxyl groups is 2. The first-order valence-corrected chi connectivity index (χ1v) is 6.58. The van der Waals surface area contributed by atoms with E-state index in [4.69, 9.17) is 0 Å². The Labute approximate surface area is 110 Å². The van der Waals surface area contributed by atoms with Crippen molar-refractivity contribution >= 4 is 23.2 Å². The van der Waals surface area contributed by atoms with Gasteiger partial charge >= 0.3 is 0 Å². The van der Waals surface area contributed by atoms with E-state index in [1.165, 1.54) is 6.92 Å². The number of carbonyl (C=O) groups excluding carboxylic acids is 2. The fourth-order valence-electron chi connectivity index (χ4n) is 1.58. The third kappa shape index (κ3) is 4.25. The molecule has 2 N–H and O–H groups in total. The fourth-order valence-corrected chi connectivity index (χ4v) is 2.22. The smallest absolute Gasteiger partial charge is 0.185 e. The van der Waals surface area contributed by atoms with Crippen LogP contribution in [0.2, 0.25) is 0 Å². The van der Waals surface area contributed by atoms with Crippen molar-refractivity contribution in [2.45, 2.75) is 25.6 Å². The molecule has 98 valence electrons. The van der Waals surface area contributed by atoms with Crippen LogP contribution in [0.15, 0.2) is 24.3 Å². The molecule has 1 rings (SSSR count). The standard InChI is InChI=1S/C13H16O4S/c1-9(15)18-7-6-12(16)13(17)11-5-3-2-4-10(11)8-14/h2-5,8,12-13,16-17H,6-7H2,1H3. The predicted octanol–water partition coefficient (Wildman–Crippen LogP) is 1.56. The van der Waals surface area contributed by atoms with Crippen LogP contribution in [0.25, 0.3) is 0 Å². The summed E-state index contributed by atoms with van der Waals surface area (Å²) >= 11 is 1.10. The van der Waals surface area contributed by atoms with Gasteiger partial charge in [0.25, 0.3) is 0 Å². The highest BCUT2D eigenvalue weighted by molar-refractivity contribution is 8.13. The van der Waals surface area contributed by atoms with Crippen molar-refractivity contribution in [3.8, 4) is 0 Å². The number of benzene rings is 1. The van der Waals surface area contributed by atoms with E-state index in [1.54, 1.807) is 24.3 Å². The SMILES string of the molecule is CC(=O)SCCC(O)C(O)c1ccccc1C=O. The number of rotatable bonds is 6. The molecule has 0 heterocycles. The van der Waals surface area contributed by atoms with Gasteiger partial charge in [0.05, 0.1) is 6.10 Å². The minimum absolute atomic E-state index is 0.0232. The van der Waals surface area contributed by atoms with Crippen LogP contribution in [-0.2, 0) is 4.79 Å². The molecule has 5 heteroatoms. The Morgan fingerprint density at radius 1 is 1.39 bits per heavy atom. The molecule has 0 aromatic heterocycles. The lowest BCUT2D eigenvalue weighted by molar-refractivity contribution is -0.109. The monoisotopic (exact) mass is 268 g/mol. The van der Waals surface area contributed by atoms with Gasteiger partial charge in [-0.1, -0.05) is 36.0 Å². The van der Waals surface area contributed by atoms with E-state index in [0.717, 1.165) is 11.8 Å². The van der Waals surface area contributed by atoms with Crippen molar-refractivity contribution in [2.75, 3.05) is 5.75 Å². The second kappa shape index (κ2) is 7.31. The van der Waals surface area contributed by atoms with Gasteiger partial charge in [-0.15, -0.1) is 0 Å². The molecule has 0 aliphatic carbocycles. The lowest BCUT2D eigenvalue weighted by Crippen LogP contribution is -2.20. The number of hydrogen-bond donors (Lipinski definition) is 2. The summed E-state index contributed by atoms with van der Waals surface area (Å²) in [5.74, 6) is 0.441. The first-order chi connectivity index (χ1) is 8.56. The molecule has 0 bridgehead atoms. The Balaban J connectivity index is 2.65. The van der Waals surface area contributed by atoms with Crippen molar-refractivity contribution < 1.29 is 19.8 Å². The molecule has 0 aliphatic heterocycles. The van der Waals surface area contributed by atoms with Crippen molar-refractivity contribution in [1.29, 1.82) is 0 Å². The topological polar surface area (TPSA) is 74.6 Å². The second-order valence-electron chi connectivity index (χ2n) is 3.89. The first-order valence-electron chi connectivity index (χ1n) is 5.60. The summed E-state index contributed by atoms with van der Waals surface area (Å²) in [6, 6.07) is 6.58. The molecule has 2 unspecified atom stereocenters. The maximum absolute atomic E-state index is 10.8. The minimum Gasteiger partial charge on any atom is -0.390 e. The minimum atomic E-state index is -1.11. The molecule has 0 fully saturated rings. The van der Waals surface area contributed by atoms with Gasteiger partial charge in [-0.2, -0.15) is 0 Å². The van der Waals surface area contributed by atoms with Crippen LogP contribution in [0.5, 0.6) is 0 Å². The lowest BCUT2D eigenvalue weighted by atomic mass is 9.98. The van der Waals surface area contributed by atoms with Gasteiger partial charge in [0.1, 0.15) is 12.4 Å². The summed E-state index contributed by atoms with van der Waals surface area (Å²) < 4.78 is 0. The summed E-state index contributed by atoms with van der Waals surface area (Å²) in [5.41, 5.74) is 0.774. The molecule has 0 amide bonds. The molecule has 2 atom stereocenters. The van der Waals surface area contributed by atoms with Crippen molar-refractivity contribution in [1.82, 2.24) is 0 Å². The Bertz CT molecular complexity index is 419. The summed E-state index contributed by atoms with van der Waals surface area (Å²) in [4.78, 5) is 21.6. The highest BCUT2D eigenvalue weighted by atomic mass is 32.2. The fraction of sp³-hybridized carbons (Fsp3) is 0.385. The summed E-state index contributed by atoms with van der Waals surface area (Å²) in [6.45, 7) is 1.45. The summed E-state index contributed by atoms with van der Waals surface area (Å²) in [6.07, 6.45) is -1.16. The molecular weight excluding hydrogens is 252 g/mol. The molecule has 18 heavy (non-hydrogen) atoms. The van der Waals surface area contributed by atoms with Crippen LogP contribution in [-0.4, -0.2) is 33.5 Å². The van der Waals surface area contributed by atoms with Gasteiger partial charge < -0.3 is 10.2 Å². The average molecular weight is 268 g/mol. The number of aliphatic hydroxyl groups excluding tert-OH is 2. The molecule has 0 radical (unpaired) electrons. The number of thioether (sulfide) groups is 1. The van der Waals surface area contributed by atoms with Gasteiger partial charge in [0.2, 0.25) is 0 Å². The number of aldehydes is 1. The normalized spacial score (nSPS) is 13.9. The molecule has 0 aliphatic rings. The van der Waals surface area contributed by atoms with Crippen molar-refractivity contribution in [2.24, 2.45) is 0 Å². The van der Waals surface area contributed by atoms with Crippen LogP contribution >= 0.6 is 11.8 Å². The molecule has 0 saturated heterocycles. The Kier molecular flexibility index (Phi) is 6.04. The van der Waals surface area contributed by atoms with Crippen LogP contribution in [0.3, 0.4) is 0 Å². The van der Waals surface area contributed by atoms with E-state index in [0.29, 0.717) is 29.6 Å². The summed E-state index contributed by atoms with van der Waals surface area (Å²) in [7, 11) is 0. The van der Waals surface area contributed by atoms with E-state index in [1.807, 2.05) is 0 Å². The number of carbonyl (C=O) groups is 2. The van der Waals surface area contributed by atoms with E-state index in [-0.39, 0.29) is 5.12 Å². The quantitative estimate of drug-likeness (QED) is 0.766. The zero-order valence-electron chi connectivity index (χ0n) is 10.1. The molecule has 0 spiro atoms. The first kappa shape index (κ1) is 14.9. The van der Waals surface area contributed by atoms with Crippen molar-refractivity contribution in [3.63, 3.8) is 0 Å². The van der Waals surface area contributed by atoms with Gasteiger partial charge in [0.15, 0.2) is 5.12 Å². The zero-order chi connectivity index (χ0) is 13.5. The molecule has 0 saturated carbocycles. The Morgan fingerprint density at radius 3 is 2.67 bits per heavy atom. The molecule has 1 aromatic carbocycles. The Morgan fingerprint density at radius 2 is 2.06 bits per heavy atom. The molecule has 1 aromatic rings. The number of hydrogen-bond acceptors (Lipinski definition) is 5. The van der Waals surface area contributed by atoms with Crippen LogP contribution in [0.1, 0.15) is 35.4 Å². The predicted molar refractivity (Wildman–Crippen MR) is 70.6 cm³/mol. The third-order valence-corrected chi connectivity index (χ3v) is 3.37. The van der Waals surface area contributed by atoms with Crippen LogP contribution < -0.4 is 0 Å². The Hall–Kier alpha value is -1.17. The van der Waals surface area contributed by atoms with Crippen LogP contribution in [0.4, 0.5) is 0 Å². The van der Waals surface area contributed by atoms with E-state index in [2.05, 4.69) is 0 Å². The highest BCUT2D eigenvalue weighted by Gasteiger charge is 2.20. The van der Waals surface area contributed by atoms with Gasteiger partial charge in [-0.3, -0.25) is 9.59 Å². The second-order valence-corrected chi connectivity index (χ2v) is 5.16. The largest absolute Gasteiger partial charge is 0.390 e. The van der Waals surface area contributed by atoms with Crippen molar-refractivity contribution in [3.05, 3.63) is 35.4 Å². The molecular formula is C13H16O4S. The van der Waals surface area contributed by atoms with Gasteiger partial charge in [0, 0.05) is 18.2 Å². The van der Waals surface area contributed by atoms with E-state index < -0.39 is 12.2 Å². The maximum atomic E-state index is 10.8.